The number of hydrogen-bond acceptors (Lipinski definition) is 7. The van der Waals surface area contributed by atoms with Crippen molar-refractivity contribution in [1.82, 2.24) is 0 Å². The van der Waals surface area contributed by atoms with E-state index in [1.807, 2.05) is 0 Å². The smallest absolute Gasteiger partial charge is 0.157 e. The van der Waals surface area contributed by atoms with Crippen LogP contribution in [0, 0.1) is 0 Å². The Labute approximate surface area is 163 Å². The van der Waals surface area contributed by atoms with Crippen molar-refractivity contribution in [3.05, 3.63) is 12.7 Å². The van der Waals surface area contributed by atoms with Crippen molar-refractivity contribution in [3.8, 4) is 0 Å². The molecule has 0 aromatic rings. The van der Waals surface area contributed by atoms with E-state index in [1.165, 1.54) is 12.8 Å². The average Bonchev–Trinajstić information content (AvgIpc) is 3.54. The minimum Gasteiger partial charge on any atom is -0.376 e. The van der Waals surface area contributed by atoms with E-state index in [2.05, 4.69) is 6.58 Å². The third-order valence-electron chi connectivity index (χ3n) is 4.28. The summed E-state index contributed by atoms with van der Waals surface area (Å²) < 4.78 is 37.3. The van der Waals surface area contributed by atoms with Gasteiger partial charge in [-0.05, 0) is 38.5 Å². The van der Waals surface area contributed by atoms with Crippen LogP contribution in [0.5, 0.6) is 0 Å². The van der Waals surface area contributed by atoms with Crippen LogP contribution in [0.1, 0.15) is 38.5 Å². The molecule has 27 heavy (non-hydrogen) atoms. The molecule has 3 aliphatic heterocycles. The highest BCUT2D eigenvalue weighted by Crippen LogP contribution is 2.14. The molecule has 0 saturated carbocycles. The third kappa shape index (κ3) is 12.5. The third-order valence-corrected chi connectivity index (χ3v) is 4.28. The molecule has 0 N–H and O–H groups in total. The van der Waals surface area contributed by atoms with Crippen molar-refractivity contribution in [1.29, 1.82) is 0 Å². The topological polar surface area (TPSA) is 67.9 Å². The second-order valence-electron chi connectivity index (χ2n) is 6.73. The number of ether oxygens (including phenoxy) is 7. The molecule has 3 rings (SSSR count). The number of hydrogen-bond donors (Lipinski definition) is 0. The summed E-state index contributed by atoms with van der Waals surface area (Å²) in [5.74, 6) is 0. The van der Waals surface area contributed by atoms with Gasteiger partial charge in [-0.2, -0.15) is 0 Å². The van der Waals surface area contributed by atoms with E-state index in [0.29, 0.717) is 45.7 Å². The van der Waals surface area contributed by atoms with E-state index in [0.717, 1.165) is 45.5 Å². The molecule has 3 unspecified atom stereocenters. The van der Waals surface area contributed by atoms with E-state index >= 15 is 0 Å². The molecule has 158 valence electrons. The van der Waals surface area contributed by atoms with Gasteiger partial charge in [-0.15, -0.1) is 6.58 Å². The zero-order valence-corrected chi connectivity index (χ0v) is 16.5. The van der Waals surface area contributed by atoms with Crippen molar-refractivity contribution >= 4 is 0 Å². The molecule has 7 nitrogen and oxygen atoms in total. The van der Waals surface area contributed by atoms with Crippen LogP contribution in [0.25, 0.3) is 0 Å². The van der Waals surface area contributed by atoms with Crippen LogP contribution in [-0.2, 0) is 33.2 Å². The molecule has 0 bridgehead atoms. The summed E-state index contributed by atoms with van der Waals surface area (Å²) >= 11 is 0. The van der Waals surface area contributed by atoms with Gasteiger partial charge in [-0.25, -0.2) is 0 Å². The molecule has 7 heteroatoms. The van der Waals surface area contributed by atoms with Gasteiger partial charge in [-0.3, -0.25) is 0 Å². The van der Waals surface area contributed by atoms with Gasteiger partial charge >= 0.3 is 0 Å². The highest BCUT2D eigenvalue weighted by atomic mass is 16.7. The molecule has 0 aromatic heterocycles. The van der Waals surface area contributed by atoms with Crippen molar-refractivity contribution in [2.75, 3.05) is 59.5 Å². The first-order chi connectivity index (χ1) is 13.4. The SMILES string of the molecule is C1CCC(OCCOCC2CO2)OC1.C=CCOCCOC1CCCCO1. The molecular weight excluding hydrogens is 352 g/mol. The molecule has 3 saturated heterocycles. The number of epoxide rings is 1. The van der Waals surface area contributed by atoms with Gasteiger partial charge in [0.05, 0.1) is 46.2 Å². The Hall–Kier alpha value is -0.540. The summed E-state index contributed by atoms with van der Waals surface area (Å²) in [6.07, 6.45) is 8.86. The van der Waals surface area contributed by atoms with Crippen LogP contribution >= 0.6 is 0 Å². The second-order valence-corrected chi connectivity index (χ2v) is 6.73. The van der Waals surface area contributed by atoms with Gasteiger partial charge in [-0.1, -0.05) is 6.08 Å². The van der Waals surface area contributed by atoms with Crippen LogP contribution in [0.3, 0.4) is 0 Å². The van der Waals surface area contributed by atoms with Gasteiger partial charge in [0.25, 0.3) is 0 Å². The quantitative estimate of drug-likeness (QED) is 0.289. The summed E-state index contributed by atoms with van der Waals surface area (Å²) in [6.45, 7) is 9.86. The Kier molecular flexibility index (Phi) is 13.0. The Morgan fingerprint density at radius 1 is 0.778 bits per heavy atom. The van der Waals surface area contributed by atoms with Crippen LogP contribution < -0.4 is 0 Å². The maximum Gasteiger partial charge on any atom is 0.157 e. The highest BCUT2D eigenvalue weighted by Gasteiger charge is 2.22. The van der Waals surface area contributed by atoms with Crippen LogP contribution in [-0.4, -0.2) is 78.1 Å². The zero-order chi connectivity index (χ0) is 19.0. The van der Waals surface area contributed by atoms with E-state index in [-0.39, 0.29) is 12.6 Å². The Morgan fingerprint density at radius 3 is 1.85 bits per heavy atom. The Morgan fingerprint density at radius 2 is 1.37 bits per heavy atom. The normalized spacial score (nSPS) is 27.5. The van der Waals surface area contributed by atoms with Crippen molar-refractivity contribution in [3.63, 3.8) is 0 Å². The molecule has 0 radical (unpaired) electrons. The van der Waals surface area contributed by atoms with E-state index in [4.69, 9.17) is 33.2 Å². The standard InChI is InChI=1S/C10H18O4.C10H18O3/c1-2-4-12-10(3-1)13-6-5-11-7-9-8-14-9;1-2-6-11-8-9-13-10-5-3-4-7-12-10/h9-10H,1-8H2;2,10H,1,3-9H2. The molecule has 3 atom stereocenters. The summed E-state index contributed by atoms with van der Waals surface area (Å²) in [7, 11) is 0. The van der Waals surface area contributed by atoms with Crippen LogP contribution in [0.4, 0.5) is 0 Å². The monoisotopic (exact) mass is 388 g/mol. The van der Waals surface area contributed by atoms with Gasteiger partial charge < -0.3 is 33.2 Å². The Balaban J connectivity index is 0.000000194. The Bertz CT molecular complexity index is 350. The molecule has 0 aromatic carbocycles. The molecule has 0 spiro atoms. The molecular formula is C20H36O7. The fourth-order valence-electron chi connectivity index (χ4n) is 2.71. The maximum atomic E-state index is 5.50. The molecule has 0 amide bonds. The minimum atomic E-state index is 0.00100. The predicted molar refractivity (Wildman–Crippen MR) is 101 cm³/mol. The highest BCUT2D eigenvalue weighted by molar-refractivity contribution is 4.67. The first-order valence-corrected chi connectivity index (χ1v) is 10.2. The van der Waals surface area contributed by atoms with Crippen LogP contribution in [0.2, 0.25) is 0 Å². The summed E-state index contributed by atoms with van der Waals surface area (Å²) in [4.78, 5) is 0. The van der Waals surface area contributed by atoms with Crippen molar-refractivity contribution in [2.24, 2.45) is 0 Å². The second kappa shape index (κ2) is 15.4. The van der Waals surface area contributed by atoms with E-state index in [1.54, 1.807) is 6.08 Å². The minimum absolute atomic E-state index is 0.00100. The number of rotatable bonds is 12. The lowest BCUT2D eigenvalue weighted by Crippen LogP contribution is -2.24. The lowest BCUT2D eigenvalue weighted by atomic mass is 10.2. The fraction of sp³-hybridized carbons (Fsp3) is 0.900. The average molecular weight is 389 g/mol. The van der Waals surface area contributed by atoms with E-state index in [9.17, 15) is 0 Å². The molecule has 3 heterocycles. The predicted octanol–water partition coefficient (Wildman–Crippen LogP) is 2.68. The first-order valence-electron chi connectivity index (χ1n) is 10.2. The maximum absolute atomic E-state index is 5.50. The summed E-state index contributed by atoms with van der Waals surface area (Å²) in [5, 5.41) is 0. The van der Waals surface area contributed by atoms with Gasteiger partial charge in [0.1, 0.15) is 6.10 Å². The fourth-order valence-corrected chi connectivity index (χ4v) is 2.71. The summed E-state index contributed by atoms with van der Waals surface area (Å²) in [5.41, 5.74) is 0. The molecule has 0 aliphatic carbocycles. The van der Waals surface area contributed by atoms with Crippen LogP contribution in [0.15, 0.2) is 12.7 Å². The van der Waals surface area contributed by atoms with Crippen molar-refractivity contribution in [2.45, 2.75) is 57.2 Å². The molecule has 3 aliphatic rings. The van der Waals surface area contributed by atoms with Gasteiger partial charge in [0.15, 0.2) is 12.6 Å². The molecule has 3 fully saturated rings. The zero-order valence-electron chi connectivity index (χ0n) is 16.5. The summed E-state index contributed by atoms with van der Waals surface area (Å²) in [6, 6.07) is 0. The van der Waals surface area contributed by atoms with E-state index < -0.39 is 0 Å². The largest absolute Gasteiger partial charge is 0.376 e. The van der Waals surface area contributed by atoms with Gasteiger partial charge in [0.2, 0.25) is 0 Å². The first kappa shape index (κ1) is 22.7. The lowest BCUT2D eigenvalue weighted by molar-refractivity contribution is -0.169. The lowest BCUT2D eigenvalue weighted by Gasteiger charge is -2.22. The van der Waals surface area contributed by atoms with Gasteiger partial charge in [0, 0.05) is 13.2 Å². The van der Waals surface area contributed by atoms with Crippen molar-refractivity contribution < 1.29 is 33.2 Å².